The maximum Gasteiger partial charge on any atom is 0.339 e. The molecule has 10 rings (SSSR count). The molecule has 4 aromatic heterocycles. The Morgan fingerprint density at radius 1 is 0.639 bits per heavy atom. The van der Waals surface area contributed by atoms with E-state index in [2.05, 4.69) is 84.1 Å². The van der Waals surface area contributed by atoms with Gasteiger partial charge in [0.2, 0.25) is 0 Å². The first kappa shape index (κ1) is 56.5. The molecule has 0 saturated heterocycles. The fraction of sp³-hybridized carbons (Fsp3) is 0.327. The molecule has 0 atom stereocenters. The van der Waals surface area contributed by atoms with E-state index >= 15 is 0 Å². The van der Waals surface area contributed by atoms with Crippen molar-refractivity contribution in [2.24, 2.45) is 0 Å². The van der Waals surface area contributed by atoms with E-state index in [0.717, 1.165) is 78.0 Å². The zero-order valence-electron chi connectivity index (χ0n) is 39.4. The average molecular weight is 1070 g/mol. The van der Waals surface area contributed by atoms with Gasteiger partial charge in [-0.1, -0.05) is 7.43 Å². The Morgan fingerprint density at radius 2 is 1.07 bits per heavy atom. The predicted octanol–water partition coefficient (Wildman–Crippen LogP) is 12.9. The van der Waals surface area contributed by atoms with Crippen LogP contribution in [0.25, 0.3) is 22.4 Å². The summed E-state index contributed by atoms with van der Waals surface area (Å²) < 4.78 is 51.4. The number of nitrogens with two attached hydrogens (primary N) is 1. The van der Waals surface area contributed by atoms with Gasteiger partial charge >= 0.3 is 11.2 Å². The number of carboxylic acid groups (broad SMARTS) is 1. The highest BCUT2D eigenvalue weighted by molar-refractivity contribution is 8.24. The van der Waals surface area contributed by atoms with Crippen LogP contribution in [0.5, 0.6) is 0 Å². The maximum atomic E-state index is 13.6. The third-order valence-electron chi connectivity index (χ3n) is 11.0. The van der Waals surface area contributed by atoms with Crippen molar-refractivity contribution >= 4 is 84.6 Å². The van der Waals surface area contributed by atoms with Crippen molar-refractivity contribution in [2.75, 3.05) is 21.7 Å². The van der Waals surface area contributed by atoms with Crippen LogP contribution >= 0.6 is 38.9 Å². The summed E-state index contributed by atoms with van der Waals surface area (Å²) in [6.07, 6.45) is 11.0. The SMILES string of the molecule is C.Cc1ncnc(C)c1-c1nc2ccc(F)cc2n1C1CC1.Cc1ncnc(C)c1C(=O)Nc1ccc(F)cc1NC1CC1.Cc1ncnc(C)c1C(=O)O.Nc1ccc(F)cc1NC1CC1.O=P(Cl)(Cl)Cl. The van der Waals surface area contributed by atoms with Gasteiger partial charge in [0.1, 0.15) is 47.8 Å². The standard InChI is InChI=1S/C16H17FN4O.C16H15FN4.C9H11FN2.C7H8N2O2.CH4.Cl3OP/c1-9-15(10(2)19-8-18-9)16(22)21-13-6-3-11(17)7-14(13)20-12-4-5-12;1-9-15(10(2)19-8-18-9)16-20-13-6-3-11(17)7-14(13)21(16)12-4-5-12;10-6-1-4-8(11)9(5-6)12-7-2-3-7;1-4-6(7(10)11)5(2)9-3-8-4;;1-5(2,3)4/h3,6-8,12,20H,4-5H2,1-2H3,(H,21,22);3,6-8,12H,4-5H2,1-2H3;1,4-5,7,12H,2-3,11H2;3H,1-2H3,(H,10,11);1H4;. The Hall–Kier alpha value is -6.40. The van der Waals surface area contributed by atoms with Gasteiger partial charge < -0.3 is 31.4 Å². The fourth-order valence-electron chi connectivity index (χ4n) is 7.16. The molecule has 7 aromatic rings. The average Bonchev–Trinajstić information content (AvgIpc) is 4.16. The number of imidazole rings is 1. The molecule has 0 radical (unpaired) electrons. The number of carbonyl (C=O) groups excluding carboxylic acids is 1. The molecule has 3 saturated carbocycles. The lowest BCUT2D eigenvalue weighted by atomic mass is 10.1. The van der Waals surface area contributed by atoms with Crippen molar-refractivity contribution in [1.82, 2.24) is 39.5 Å². The molecule has 23 heteroatoms. The number of rotatable bonds is 9. The minimum atomic E-state index is -3.22. The lowest BCUT2D eigenvalue weighted by Gasteiger charge is -2.14. The highest BCUT2D eigenvalue weighted by atomic mass is 36.0. The first-order valence-corrected chi connectivity index (χ1v) is 26.6. The summed E-state index contributed by atoms with van der Waals surface area (Å²) in [6.45, 7) is 10.7. The minimum Gasteiger partial charge on any atom is -0.478 e. The number of halogens is 6. The van der Waals surface area contributed by atoms with Gasteiger partial charge in [-0.25, -0.2) is 52.9 Å². The lowest BCUT2D eigenvalue weighted by Crippen LogP contribution is -2.18. The van der Waals surface area contributed by atoms with Crippen LogP contribution in [0.4, 0.5) is 35.9 Å². The molecular weight excluding hydrogens is 1010 g/mol. The van der Waals surface area contributed by atoms with Gasteiger partial charge in [-0.05, 0) is 168 Å². The van der Waals surface area contributed by atoms with Crippen molar-refractivity contribution in [1.29, 1.82) is 0 Å². The monoisotopic (exact) mass is 1070 g/mol. The van der Waals surface area contributed by atoms with Gasteiger partial charge in [0.05, 0.1) is 79.1 Å². The summed E-state index contributed by atoms with van der Waals surface area (Å²) in [6, 6.07) is 14.7. The zero-order chi connectivity index (χ0) is 51.7. The molecule has 0 bridgehead atoms. The van der Waals surface area contributed by atoms with Crippen LogP contribution < -0.4 is 21.7 Å². The van der Waals surface area contributed by atoms with E-state index in [1.807, 2.05) is 13.8 Å². The summed E-state index contributed by atoms with van der Waals surface area (Å²) >= 11 is 13.8. The van der Waals surface area contributed by atoms with Crippen molar-refractivity contribution in [3.63, 3.8) is 0 Å². The summed E-state index contributed by atoms with van der Waals surface area (Å²) in [5.41, 5.74) is 15.5. The number of hydrogen-bond acceptors (Lipinski definition) is 13. The first-order valence-electron chi connectivity index (χ1n) is 22.2. The number of hydrogen-bond donors (Lipinski definition) is 5. The summed E-state index contributed by atoms with van der Waals surface area (Å²) in [7, 11) is 0. The largest absolute Gasteiger partial charge is 0.478 e. The first-order chi connectivity index (χ1) is 33.6. The second-order valence-corrected chi connectivity index (χ2v) is 23.5. The molecule has 0 aliphatic heterocycles. The van der Waals surface area contributed by atoms with Gasteiger partial charge in [-0.15, -0.1) is 0 Å². The van der Waals surface area contributed by atoms with Crippen LogP contribution in [0, 0.1) is 59.0 Å². The molecule has 16 nitrogen and oxygen atoms in total. The zero-order valence-corrected chi connectivity index (χ0v) is 42.6. The van der Waals surface area contributed by atoms with Crippen molar-refractivity contribution in [3.8, 4) is 11.4 Å². The summed E-state index contributed by atoms with van der Waals surface area (Å²) in [5, 5.41) is 14.7. The number of aromatic nitrogens is 8. The Kier molecular flexibility index (Phi) is 19.5. The molecule has 382 valence electrons. The molecule has 3 aliphatic carbocycles. The number of nitrogen functional groups attached to an aromatic ring is 1. The number of aryl methyl sites for hydroxylation is 6. The van der Waals surface area contributed by atoms with Crippen LogP contribution in [0.2, 0.25) is 0 Å². The van der Waals surface area contributed by atoms with E-state index in [-0.39, 0.29) is 36.3 Å². The Morgan fingerprint density at radius 3 is 1.54 bits per heavy atom. The number of carboxylic acids is 1. The van der Waals surface area contributed by atoms with Gasteiger partial charge in [0.25, 0.3) is 5.91 Å². The second kappa shape index (κ2) is 24.8. The van der Waals surface area contributed by atoms with Crippen LogP contribution in [0.15, 0.2) is 73.6 Å². The van der Waals surface area contributed by atoms with Crippen LogP contribution in [0.3, 0.4) is 0 Å². The van der Waals surface area contributed by atoms with Crippen molar-refractivity contribution in [2.45, 2.75) is 106 Å². The van der Waals surface area contributed by atoms with Crippen LogP contribution in [-0.4, -0.2) is 68.5 Å². The summed E-state index contributed by atoms with van der Waals surface area (Å²) in [4.78, 5) is 52.0. The molecule has 3 fully saturated rings. The van der Waals surface area contributed by atoms with Crippen molar-refractivity contribution < 1.29 is 32.4 Å². The molecule has 0 spiro atoms. The van der Waals surface area contributed by atoms with Crippen molar-refractivity contribution in [3.05, 3.63) is 136 Å². The van der Waals surface area contributed by atoms with Gasteiger partial charge in [0.15, 0.2) is 0 Å². The number of fused-ring (bicyclic) bond motifs is 1. The number of benzene rings is 3. The topological polar surface area (TPSA) is 229 Å². The van der Waals surface area contributed by atoms with Gasteiger partial charge in [0, 0.05) is 18.1 Å². The number of carbonyl (C=O) groups is 2. The van der Waals surface area contributed by atoms with E-state index in [9.17, 15) is 27.3 Å². The Bertz CT molecular complexity index is 3050. The molecule has 3 aliphatic rings. The van der Waals surface area contributed by atoms with E-state index in [1.54, 1.807) is 58.3 Å². The van der Waals surface area contributed by atoms with E-state index in [1.165, 1.54) is 43.0 Å². The summed E-state index contributed by atoms with van der Waals surface area (Å²) in [5.74, 6) is -1.21. The second-order valence-electron chi connectivity index (χ2n) is 16.8. The lowest BCUT2D eigenvalue weighted by molar-refractivity contribution is 0.0693. The van der Waals surface area contributed by atoms with Gasteiger partial charge in [-0.3, -0.25) is 9.36 Å². The Labute approximate surface area is 429 Å². The number of nitrogens with one attached hydrogen (secondary N) is 3. The molecule has 72 heavy (non-hydrogen) atoms. The smallest absolute Gasteiger partial charge is 0.339 e. The van der Waals surface area contributed by atoms with Crippen LogP contribution in [-0.2, 0) is 4.57 Å². The molecule has 6 N–H and O–H groups in total. The third kappa shape index (κ3) is 16.3. The highest BCUT2D eigenvalue weighted by Crippen LogP contribution is 2.61. The predicted molar refractivity (Wildman–Crippen MR) is 279 cm³/mol. The number of aromatic carboxylic acids is 1. The number of nitrogens with zero attached hydrogens (tertiary/aromatic N) is 8. The highest BCUT2D eigenvalue weighted by Gasteiger charge is 2.30. The number of amides is 1. The maximum absolute atomic E-state index is 13.6. The molecule has 0 unspecified atom stereocenters. The van der Waals surface area contributed by atoms with Crippen LogP contribution in [0.1, 0.15) is 107 Å². The molecule has 3 aromatic carbocycles. The quantitative estimate of drug-likeness (QED) is 0.0669. The molecule has 4 heterocycles. The fourth-order valence-corrected chi connectivity index (χ4v) is 7.16. The number of anilines is 4. The Balaban J connectivity index is 0.000000178. The van der Waals surface area contributed by atoms with E-state index in [0.29, 0.717) is 63.5 Å². The third-order valence-corrected chi connectivity index (χ3v) is 11.0. The van der Waals surface area contributed by atoms with E-state index in [4.69, 9.17) is 15.8 Å². The molecular formula is C49H55Cl3F3N12O4P. The van der Waals surface area contributed by atoms with Gasteiger partial charge in [-0.2, -0.15) is 0 Å². The minimum absolute atomic E-state index is 0. The van der Waals surface area contributed by atoms with E-state index < -0.39 is 11.2 Å². The molecule has 1 amide bonds. The normalized spacial score (nSPS) is 13.5.